The van der Waals surface area contributed by atoms with Gasteiger partial charge in [0, 0.05) is 10.7 Å². The lowest BCUT2D eigenvalue weighted by atomic mass is 10.2. The molecule has 0 aliphatic carbocycles. The van der Waals surface area contributed by atoms with E-state index in [-0.39, 0.29) is 23.7 Å². The molecule has 2 rings (SSSR count). The van der Waals surface area contributed by atoms with E-state index in [0.717, 1.165) is 11.4 Å². The van der Waals surface area contributed by atoms with Gasteiger partial charge < -0.3 is 10.4 Å². The number of amides is 1. The molecule has 0 unspecified atom stereocenters. The lowest BCUT2D eigenvalue weighted by molar-refractivity contribution is -0.116. The number of anilines is 1. The van der Waals surface area contributed by atoms with Crippen molar-refractivity contribution in [2.24, 2.45) is 0 Å². The zero-order valence-electron chi connectivity index (χ0n) is 11.6. The molecule has 6 nitrogen and oxygen atoms in total. The van der Waals surface area contributed by atoms with Gasteiger partial charge in [0.15, 0.2) is 0 Å². The minimum atomic E-state index is -1.15. The minimum absolute atomic E-state index is 0.0152. The van der Waals surface area contributed by atoms with E-state index in [4.69, 9.17) is 16.7 Å². The van der Waals surface area contributed by atoms with Gasteiger partial charge in [0.1, 0.15) is 6.54 Å². The van der Waals surface area contributed by atoms with Crippen LogP contribution in [0.2, 0.25) is 5.02 Å². The van der Waals surface area contributed by atoms with Gasteiger partial charge >= 0.3 is 5.97 Å². The van der Waals surface area contributed by atoms with Crippen molar-refractivity contribution in [1.29, 1.82) is 0 Å². The van der Waals surface area contributed by atoms with E-state index in [0.29, 0.717) is 5.02 Å². The zero-order chi connectivity index (χ0) is 15.6. The van der Waals surface area contributed by atoms with Gasteiger partial charge in [-0.25, -0.2) is 4.79 Å². The molecule has 0 bridgehead atoms. The smallest absolute Gasteiger partial charge is 0.337 e. The number of halogens is 1. The van der Waals surface area contributed by atoms with Crippen LogP contribution in [-0.2, 0) is 11.3 Å². The number of hydrogen-bond donors (Lipinski definition) is 2. The Morgan fingerprint density at radius 2 is 2.05 bits per heavy atom. The number of aromatic nitrogens is 2. The molecule has 21 heavy (non-hydrogen) atoms. The normalized spacial score (nSPS) is 10.4. The van der Waals surface area contributed by atoms with Crippen molar-refractivity contribution in [3.8, 4) is 0 Å². The number of aryl methyl sites for hydroxylation is 2. The van der Waals surface area contributed by atoms with Crippen LogP contribution in [-0.4, -0.2) is 26.8 Å². The number of carbonyl (C=O) groups is 2. The molecule has 0 spiro atoms. The van der Waals surface area contributed by atoms with Crippen LogP contribution >= 0.6 is 11.6 Å². The van der Waals surface area contributed by atoms with E-state index in [1.54, 1.807) is 4.68 Å². The number of hydrogen-bond acceptors (Lipinski definition) is 3. The van der Waals surface area contributed by atoms with E-state index < -0.39 is 5.97 Å². The number of aromatic carboxylic acids is 1. The molecule has 0 radical (unpaired) electrons. The molecule has 1 aromatic carbocycles. The summed E-state index contributed by atoms with van der Waals surface area (Å²) in [6, 6.07) is 6.14. The summed E-state index contributed by atoms with van der Waals surface area (Å²) >= 11 is 5.76. The van der Waals surface area contributed by atoms with Gasteiger partial charge in [0.05, 0.1) is 16.9 Å². The Hall–Kier alpha value is -2.34. The highest BCUT2D eigenvalue weighted by molar-refractivity contribution is 6.31. The van der Waals surface area contributed by atoms with Crippen LogP contribution in [0.4, 0.5) is 5.69 Å². The zero-order valence-corrected chi connectivity index (χ0v) is 12.3. The molecule has 1 aromatic heterocycles. The molecule has 0 aliphatic rings. The molecule has 0 atom stereocenters. The maximum absolute atomic E-state index is 12.0. The molecule has 0 aliphatic heterocycles. The number of rotatable bonds is 4. The summed E-state index contributed by atoms with van der Waals surface area (Å²) in [6.07, 6.45) is 0. The van der Waals surface area contributed by atoms with Crippen molar-refractivity contribution >= 4 is 29.2 Å². The van der Waals surface area contributed by atoms with Crippen LogP contribution < -0.4 is 5.32 Å². The van der Waals surface area contributed by atoms with Crippen LogP contribution in [0.15, 0.2) is 24.3 Å². The first-order chi connectivity index (χ1) is 9.86. The second kappa shape index (κ2) is 5.97. The number of carboxylic acids is 1. The van der Waals surface area contributed by atoms with Gasteiger partial charge in [-0.2, -0.15) is 5.10 Å². The monoisotopic (exact) mass is 307 g/mol. The van der Waals surface area contributed by atoms with E-state index >= 15 is 0 Å². The van der Waals surface area contributed by atoms with Gasteiger partial charge in [-0.15, -0.1) is 0 Å². The van der Waals surface area contributed by atoms with Gasteiger partial charge in [-0.3, -0.25) is 9.48 Å². The number of carbonyl (C=O) groups excluding carboxylic acids is 1. The maximum atomic E-state index is 12.0. The molecular formula is C14H14ClN3O3. The molecule has 0 saturated carbocycles. The second-order valence-electron chi connectivity index (χ2n) is 4.63. The van der Waals surface area contributed by atoms with Gasteiger partial charge in [0.25, 0.3) is 0 Å². The fourth-order valence-corrected chi connectivity index (χ4v) is 2.14. The third kappa shape index (κ3) is 3.61. The van der Waals surface area contributed by atoms with E-state index in [2.05, 4.69) is 10.4 Å². The third-order valence-electron chi connectivity index (χ3n) is 2.88. The van der Waals surface area contributed by atoms with Crippen molar-refractivity contribution in [2.75, 3.05) is 5.32 Å². The van der Waals surface area contributed by atoms with Crippen LogP contribution in [0, 0.1) is 13.8 Å². The summed E-state index contributed by atoms with van der Waals surface area (Å²) in [7, 11) is 0. The van der Waals surface area contributed by atoms with Crippen molar-refractivity contribution in [3.63, 3.8) is 0 Å². The van der Waals surface area contributed by atoms with Crippen LogP contribution in [0.5, 0.6) is 0 Å². The van der Waals surface area contributed by atoms with E-state index in [1.165, 1.54) is 18.2 Å². The average molecular weight is 308 g/mol. The molecular weight excluding hydrogens is 294 g/mol. The van der Waals surface area contributed by atoms with Crippen LogP contribution in [0.25, 0.3) is 0 Å². The first kappa shape index (κ1) is 15.1. The highest BCUT2D eigenvalue weighted by Crippen LogP contribution is 2.20. The van der Waals surface area contributed by atoms with Crippen molar-refractivity contribution in [1.82, 2.24) is 9.78 Å². The van der Waals surface area contributed by atoms with Gasteiger partial charge in [0.2, 0.25) is 5.91 Å². The van der Waals surface area contributed by atoms with Crippen molar-refractivity contribution in [3.05, 3.63) is 46.2 Å². The van der Waals surface area contributed by atoms with E-state index in [1.807, 2.05) is 19.9 Å². The minimum Gasteiger partial charge on any atom is -0.478 e. The molecule has 1 heterocycles. The van der Waals surface area contributed by atoms with E-state index in [9.17, 15) is 9.59 Å². The van der Waals surface area contributed by atoms with Crippen molar-refractivity contribution in [2.45, 2.75) is 20.4 Å². The number of nitrogens with zero attached hydrogens (tertiary/aromatic N) is 2. The molecule has 1 amide bonds. The first-order valence-corrected chi connectivity index (χ1v) is 6.58. The summed E-state index contributed by atoms with van der Waals surface area (Å²) < 4.78 is 1.56. The molecule has 2 aromatic rings. The van der Waals surface area contributed by atoms with Crippen LogP contribution in [0.1, 0.15) is 21.7 Å². The fraction of sp³-hybridized carbons (Fsp3) is 0.214. The Morgan fingerprint density at radius 1 is 1.33 bits per heavy atom. The van der Waals surface area contributed by atoms with Gasteiger partial charge in [-0.05, 0) is 38.1 Å². The third-order valence-corrected chi connectivity index (χ3v) is 3.12. The standard InChI is InChI=1S/C14H14ClN3O3/c1-8-5-9(2)18(17-8)7-13(19)16-12-4-3-10(15)6-11(12)14(20)21/h3-6H,7H2,1-2H3,(H,16,19)(H,20,21). The number of benzene rings is 1. The molecule has 0 fully saturated rings. The van der Waals surface area contributed by atoms with Crippen LogP contribution in [0.3, 0.4) is 0 Å². The summed E-state index contributed by atoms with van der Waals surface area (Å²) in [4.78, 5) is 23.1. The summed E-state index contributed by atoms with van der Waals surface area (Å²) in [5.74, 6) is -1.51. The average Bonchev–Trinajstić information content (AvgIpc) is 2.69. The fourth-order valence-electron chi connectivity index (χ4n) is 1.96. The first-order valence-electron chi connectivity index (χ1n) is 6.20. The Kier molecular flexibility index (Phi) is 4.28. The SMILES string of the molecule is Cc1cc(C)n(CC(=O)Nc2ccc(Cl)cc2C(=O)O)n1. The molecule has 110 valence electrons. The lowest BCUT2D eigenvalue weighted by Gasteiger charge is -2.09. The topological polar surface area (TPSA) is 84.2 Å². The Labute approximate surface area is 126 Å². The quantitative estimate of drug-likeness (QED) is 0.909. The summed E-state index contributed by atoms with van der Waals surface area (Å²) in [6.45, 7) is 3.70. The predicted octanol–water partition coefficient (Wildman–Crippen LogP) is 2.49. The molecule has 2 N–H and O–H groups in total. The Bertz CT molecular complexity index is 709. The van der Waals surface area contributed by atoms with Gasteiger partial charge in [-0.1, -0.05) is 11.6 Å². The maximum Gasteiger partial charge on any atom is 0.337 e. The molecule has 7 heteroatoms. The number of carboxylic acid groups (broad SMARTS) is 1. The lowest BCUT2D eigenvalue weighted by Crippen LogP contribution is -2.21. The molecule has 0 saturated heterocycles. The number of nitrogens with one attached hydrogen (secondary N) is 1. The van der Waals surface area contributed by atoms with Crippen molar-refractivity contribution < 1.29 is 14.7 Å². The highest BCUT2D eigenvalue weighted by atomic mass is 35.5. The highest BCUT2D eigenvalue weighted by Gasteiger charge is 2.14. The largest absolute Gasteiger partial charge is 0.478 e. The summed E-state index contributed by atoms with van der Waals surface area (Å²) in [5, 5.41) is 16.2. The predicted molar refractivity (Wildman–Crippen MR) is 78.7 cm³/mol. The Balaban J connectivity index is 2.16. The Morgan fingerprint density at radius 3 is 2.62 bits per heavy atom. The summed E-state index contributed by atoms with van der Waals surface area (Å²) in [5.41, 5.74) is 1.83. The second-order valence-corrected chi connectivity index (χ2v) is 5.06.